The van der Waals surface area contributed by atoms with E-state index in [1.807, 2.05) is 0 Å². The molecule has 6 unspecified atom stereocenters. The molecule has 1 rings (SSSR count). The molecular weight excluding hydrogens is 1310 g/mol. The van der Waals surface area contributed by atoms with Crippen LogP contribution >= 0.6 is 23.5 Å². The van der Waals surface area contributed by atoms with Gasteiger partial charge in [-0.2, -0.15) is 0 Å². The van der Waals surface area contributed by atoms with Crippen LogP contribution < -0.4 is 0 Å². The molecule has 0 spiro atoms. The molecule has 1 fully saturated rings. The van der Waals surface area contributed by atoms with Gasteiger partial charge < -0.3 is 17.7 Å². The molecule has 584 valence electrons. The third-order valence-corrected chi connectivity index (χ3v) is 43.6. The van der Waals surface area contributed by atoms with Gasteiger partial charge in [-0.3, -0.25) is 29.2 Å². The fourth-order valence-corrected chi connectivity index (χ4v) is 20.1. The Bertz CT molecular complexity index is 1790. The third kappa shape index (κ3) is 42.2. The van der Waals surface area contributed by atoms with Gasteiger partial charge in [-0.25, -0.2) is 0 Å². The van der Waals surface area contributed by atoms with Crippen molar-refractivity contribution in [2.45, 2.75) is 439 Å². The Hall–Kier alpha value is 0.588. The Balaban J connectivity index is 3.17. The Morgan fingerprint density at radius 2 is 0.582 bits per heavy atom. The molecule has 98 heavy (non-hydrogen) atoms. The first-order valence-corrected chi connectivity index (χ1v) is 55.2. The summed E-state index contributed by atoms with van der Waals surface area (Å²) in [6.45, 7) is 71.2. The van der Waals surface area contributed by atoms with E-state index in [1.165, 1.54) is 154 Å². The molecule has 0 aromatic rings. The van der Waals surface area contributed by atoms with Crippen LogP contribution in [0.4, 0.5) is 0 Å². The summed E-state index contributed by atoms with van der Waals surface area (Å²) >= 11 is 3.11. The average molecular weight is 1490 g/mol. The second-order valence-corrected chi connectivity index (χ2v) is 58.4. The van der Waals surface area contributed by atoms with Crippen LogP contribution in [0.25, 0.3) is 0 Å². The molecule has 6 atom stereocenters. The highest BCUT2D eigenvalue weighted by molar-refractivity contribution is 8.13. The molecule has 0 aliphatic carbocycles. The van der Waals surface area contributed by atoms with Crippen molar-refractivity contribution in [2.75, 3.05) is 77.0 Å². The fourth-order valence-electron chi connectivity index (χ4n) is 12.9. The maximum Gasteiger partial charge on any atom is 0.192 e. The lowest BCUT2D eigenvalue weighted by molar-refractivity contribution is -0.111. The van der Waals surface area contributed by atoms with E-state index in [4.69, 9.17) is 17.7 Å². The Labute approximate surface area is 625 Å². The largest absolute Gasteiger partial charge is 0.413 e. The first kappa shape index (κ1) is 96.6. The summed E-state index contributed by atoms with van der Waals surface area (Å²) < 4.78 is 29.6. The summed E-state index contributed by atoms with van der Waals surface area (Å²) in [7, 11) is -8.14. The van der Waals surface area contributed by atoms with Crippen LogP contribution in [0.15, 0.2) is 0 Å². The summed E-state index contributed by atoms with van der Waals surface area (Å²) in [5.74, 6) is 1.66. The van der Waals surface area contributed by atoms with Gasteiger partial charge in [0.15, 0.2) is 43.5 Å². The summed E-state index contributed by atoms with van der Waals surface area (Å²) in [6, 6.07) is 0.794. The van der Waals surface area contributed by atoms with Crippen LogP contribution in [-0.4, -0.2) is 177 Å². The van der Waals surface area contributed by atoms with Crippen LogP contribution in [0, 0.1) is 0 Å². The van der Waals surface area contributed by atoms with Gasteiger partial charge in [0.2, 0.25) is 0 Å². The summed E-state index contributed by atoms with van der Waals surface area (Å²) in [5.41, 5.74) is 0. The van der Waals surface area contributed by atoms with Crippen molar-refractivity contribution >= 4 is 67.0 Å². The van der Waals surface area contributed by atoms with Crippen molar-refractivity contribution in [1.29, 1.82) is 0 Å². The molecular formula is C82H172N4O6S2Si4. The van der Waals surface area contributed by atoms with Crippen molar-refractivity contribution in [2.24, 2.45) is 0 Å². The number of nitrogens with zero attached hydrogens (tertiary/aromatic N) is 4. The van der Waals surface area contributed by atoms with Crippen molar-refractivity contribution in [3.63, 3.8) is 0 Å². The van der Waals surface area contributed by atoms with E-state index >= 15 is 0 Å². The van der Waals surface area contributed by atoms with Gasteiger partial charge in [0, 0.05) is 88.8 Å². The van der Waals surface area contributed by atoms with Crippen LogP contribution in [0.3, 0.4) is 0 Å². The highest BCUT2D eigenvalue weighted by Gasteiger charge is 2.44. The normalized spacial score (nSPS) is 17.6. The van der Waals surface area contributed by atoms with Crippen LogP contribution in [-0.2, 0) is 27.3 Å². The number of carbonyl (C=O) groups is 2. The maximum absolute atomic E-state index is 13.9. The van der Waals surface area contributed by atoms with E-state index in [-0.39, 0.29) is 44.6 Å². The second-order valence-electron chi connectivity index (χ2n) is 37.1. The van der Waals surface area contributed by atoms with Crippen molar-refractivity contribution in [1.82, 2.24) is 19.6 Å². The fraction of sp³-hybridized carbons (Fsp3) is 0.976. The van der Waals surface area contributed by atoms with Gasteiger partial charge in [-0.05, 0) is 138 Å². The summed E-state index contributed by atoms with van der Waals surface area (Å²) in [4.78, 5) is 38.4. The first-order valence-electron chi connectivity index (χ1n) is 41.6. The number of hydrogen-bond acceptors (Lipinski definition) is 12. The average Bonchev–Trinajstić information content (AvgIpc) is 0.848. The van der Waals surface area contributed by atoms with Gasteiger partial charge in [0.25, 0.3) is 0 Å². The predicted molar refractivity (Wildman–Crippen MR) is 449 cm³/mol. The second kappa shape index (κ2) is 50.3. The molecule has 0 aromatic heterocycles. The van der Waals surface area contributed by atoms with Crippen molar-refractivity contribution < 1.29 is 27.3 Å². The highest BCUT2D eigenvalue weighted by Crippen LogP contribution is 2.42. The number of hydrogen-bond donors (Lipinski definition) is 0. The molecule has 0 saturated carbocycles. The van der Waals surface area contributed by atoms with Gasteiger partial charge in [0.05, 0.1) is 24.4 Å². The van der Waals surface area contributed by atoms with Gasteiger partial charge in [0.1, 0.15) is 0 Å². The molecule has 0 bridgehead atoms. The van der Waals surface area contributed by atoms with Gasteiger partial charge in [-0.15, -0.1) is 0 Å². The molecule has 0 aromatic carbocycles. The lowest BCUT2D eigenvalue weighted by Crippen LogP contribution is -2.57. The number of rotatable bonds is 58. The van der Waals surface area contributed by atoms with E-state index in [1.54, 1.807) is 23.5 Å². The monoisotopic (exact) mass is 1490 g/mol. The lowest BCUT2D eigenvalue weighted by Gasteiger charge is -2.44. The molecule has 1 aliphatic heterocycles. The predicted octanol–water partition coefficient (Wildman–Crippen LogP) is 24.6. The molecule has 1 heterocycles. The minimum Gasteiger partial charge on any atom is -0.413 e. The quantitative estimate of drug-likeness (QED) is 0.0430. The first-order chi connectivity index (χ1) is 45.6. The SMILES string of the molecule is CCCCCCCCC(CN(CCCC(=O)SCCN1CC(C)N(CCSC(=O)CCCN(CC(CCCCCCCC)O[Si](C)(C)C(C)(C)C)CC(CCCCCCCC)O[Si](C)(C)C(C)(C)C)CC1C)CC(CCCCCCCC)O[Si](C)(C)C(C)(C)C)O[Si](C)(C)C(C)(C)C. The van der Waals surface area contributed by atoms with Gasteiger partial charge >= 0.3 is 0 Å². The molecule has 0 N–H and O–H groups in total. The molecule has 0 amide bonds. The number of piperazine rings is 1. The Kier molecular flexibility index (Phi) is 49.5. The zero-order valence-corrected chi connectivity index (χ0v) is 76.3. The van der Waals surface area contributed by atoms with E-state index in [0.717, 1.165) is 115 Å². The van der Waals surface area contributed by atoms with Crippen molar-refractivity contribution in [3.8, 4) is 0 Å². The number of unbranched alkanes of at least 4 members (excludes halogenated alkanes) is 20. The van der Waals surface area contributed by atoms with Crippen LogP contribution in [0.5, 0.6) is 0 Å². The summed E-state index contributed by atoms with van der Waals surface area (Å²) in [6.07, 6.45) is 39.0. The summed E-state index contributed by atoms with van der Waals surface area (Å²) in [5, 5.41) is 1.21. The van der Waals surface area contributed by atoms with Crippen LogP contribution in [0.2, 0.25) is 72.5 Å². The minimum atomic E-state index is -2.03. The Morgan fingerprint density at radius 1 is 0.367 bits per heavy atom. The number of carbonyl (C=O) groups excluding carboxylic acids is 2. The molecule has 1 saturated heterocycles. The molecule has 16 heteroatoms. The zero-order chi connectivity index (χ0) is 74.3. The third-order valence-electron chi connectivity index (χ3n) is 23.7. The van der Waals surface area contributed by atoms with E-state index in [2.05, 4.69) is 197 Å². The molecule has 1 aliphatic rings. The Morgan fingerprint density at radius 3 is 0.796 bits per heavy atom. The maximum atomic E-state index is 13.9. The molecule has 10 nitrogen and oxygen atoms in total. The smallest absolute Gasteiger partial charge is 0.192 e. The zero-order valence-electron chi connectivity index (χ0n) is 70.6. The van der Waals surface area contributed by atoms with Crippen LogP contribution in [0.1, 0.15) is 330 Å². The minimum absolute atomic E-state index is 0.139. The highest BCUT2D eigenvalue weighted by atomic mass is 32.2. The van der Waals surface area contributed by atoms with Gasteiger partial charge in [-0.1, -0.05) is 288 Å². The standard InChI is InChI=1S/C82H172N4O6S2Si4/c1-27-31-35-39-43-47-53-73(89-95(19,20)79(7,8)9)67-83(68-74(54-48-44-40-36-32-28-2)90-96(21,22)80(10,11)12)59-51-57-77(87)93-63-61-85-65-72(6)86(66-71(85)5)62-64-94-78(88)58-52-60-84(69-75(55-49-45-41-37-33-29-3)91-97(23,24)81(13,14)15)70-76(56-50-46-42-38-34-30-4)92-98(25,26)82(16,17)18/h71-76H,27-70H2,1-26H3. The topological polar surface area (TPSA) is 84.0 Å². The van der Waals surface area contributed by atoms with E-state index in [9.17, 15) is 9.59 Å². The van der Waals surface area contributed by atoms with E-state index < -0.39 is 33.3 Å². The number of thioether (sulfide) groups is 2. The molecule has 0 radical (unpaired) electrons. The van der Waals surface area contributed by atoms with Crippen molar-refractivity contribution in [3.05, 3.63) is 0 Å². The van der Waals surface area contributed by atoms with E-state index in [0.29, 0.717) is 35.2 Å². The lowest BCUT2D eigenvalue weighted by atomic mass is 10.1.